The molecule has 0 spiro atoms. The SMILES string of the molecule is CC(C)c1cn(Cc2ccccn2)c2ccc(C(=O)O)cc12. The van der Waals surface area contributed by atoms with Crippen LogP contribution in [-0.2, 0) is 6.54 Å². The number of carboxylic acids is 1. The molecule has 0 bridgehead atoms. The molecule has 0 unspecified atom stereocenters. The number of benzene rings is 1. The number of rotatable bonds is 4. The molecule has 0 fully saturated rings. The molecule has 2 aromatic heterocycles. The maximum Gasteiger partial charge on any atom is 0.335 e. The van der Waals surface area contributed by atoms with Crippen molar-refractivity contribution >= 4 is 16.9 Å². The van der Waals surface area contributed by atoms with E-state index in [-0.39, 0.29) is 0 Å². The Morgan fingerprint density at radius 1 is 1.27 bits per heavy atom. The van der Waals surface area contributed by atoms with Gasteiger partial charge >= 0.3 is 5.97 Å². The lowest BCUT2D eigenvalue weighted by molar-refractivity contribution is 0.0697. The summed E-state index contributed by atoms with van der Waals surface area (Å²) >= 11 is 0. The van der Waals surface area contributed by atoms with Crippen LogP contribution in [0.4, 0.5) is 0 Å². The van der Waals surface area contributed by atoms with E-state index >= 15 is 0 Å². The van der Waals surface area contributed by atoms with Gasteiger partial charge in [0.1, 0.15) is 0 Å². The topological polar surface area (TPSA) is 55.1 Å². The minimum atomic E-state index is -0.894. The molecule has 1 N–H and O–H groups in total. The number of nitrogens with zero attached hydrogens (tertiary/aromatic N) is 2. The first kappa shape index (κ1) is 14.3. The molecular weight excluding hydrogens is 276 g/mol. The van der Waals surface area contributed by atoms with Crippen LogP contribution in [0.25, 0.3) is 10.9 Å². The molecule has 4 nitrogen and oxygen atoms in total. The predicted octanol–water partition coefficient (Wildman–Crippen LogP) is 3.91. The van der Waals surface area contributed by atoms with Crippen LogP contribution < -0.4 is 0 Å². The van der Waals surface area contributed by atoms with E-state index in [9.17, 15) is 9.90 Å². The number of carbonyl (C=O) groups is 1. The van der Waals surface area contributed by atoms with Crippen molar-refractivity contribution in [3.8, 4) is 0 Å². The molecule has 112 valence electrons. The monoisotopic (exact) mass is 294 g/mol. The van der Waals surface area contributed by atoms with Gasteiger partial charge in [-0.2, -0.15) is 0 Å². The minimum absolute atomic E-state index is 0.324. The summed E-state index contributed by atoms with van der Waals surface area (Å²) in [5.74, 6) is -0.564. The molecule has 2 heterocycles. The van der Waals surface area contributed by atoms with Crippen LogP contribution in [0.2, 0.25) is 0 Å². The molecular formula is C18H18N2O2. The molecule has 0 aliphatic rings. The van der Waals surface area contributed by atoms with Crippen LogP contribution in [0, 0.1) is 0 Å². The van der Waals surface area contributed by atoms with Crippen LogP contribution in [-0.4, -0.2) is 20.6 Å². The predicted molar refractivity (Wildman–Crippen MR) is 86.3 cm³/mol. The van der Waals surface area contributed by atoms with Crippen molar-refractivity contribution in [1.82, 2.24) is 9.55 Å². The van der Waals surface area contributed by atoms with Gasteiger partial charge in [-0.3, -0.25) is 4.98 Å². The average Bonchev–Trinajstić information content (AvgIpc) is 2.86. The first-order valence-electron chi connectivity index (χ1n) is 7.32. The third kappa shape index (κ3) is 2.60. The third-order valence-corrected chi connectivity index (χ3v) is 3.84. The Kier molecular flexibility index (Phi) is 3.67. The standard InChI is InChI=1S/C18H18N2O2/c1-12(2)16-11-20(10-14-5-3-4-8-19-14)17-7-6-13(18(21)22)9-15(16)17/h3-9,11-12H,10H2,1-2H3,(H,21,22). The number of fused-ring (bicyclic) bond motifs is 1. The highest BCUT2D eigenvalue weighted by Gasteiger charge is 2.14. The summed E-state index contributed by atoms with van der Waals surface area (Å²) in [6.07, 6.45) is 3.89. The Bertz CT molecular complexity index is 820. The normalized spacial score (nSPS) is 11.2. The summed E-state index contributed by atoms with van der Waals surface area (Å²) in [5.41, 5.74) is 3.51. The Labute approximate surface area is 129 Å². The van der Waals surface area contributed by atoms with E-state index in [4.69, 9.17) is 0 Å². The van der Waals surface area contributed by atoms with Crippen LogP contribution in [0.5, 0.6) is 0 Å². The fraction of sp³-hybridized carbons (Fsp3) is 0.222. The Morgan fingerprint density at radius 3 is 2.73 bits per heavy atom. The van der Waals surface area contributed by atoms with E-state index in [0.717, 1.165) is 22.2 Å². The van der Waals surface area contributed by atoms with Crippen LogP contribution in [0.3, 0.4) is 0 Å². The lowest BCUT2D eigenvalue weighted by Gasteiger charge is -2.05. The van der Waals surface area contributed by atoms with Gasteiger partial charge in [-0.15, -0.1) is 0 Å². The molecule has 3 aromatic rings. The van der Waals surface area contributed by atoms with Crippen LogP contribution in [0.15, 0.2) is 48.8 Å². The molecule has 0 aliphatic heterocycles. The largest absolute Gasteiger partial charge is 0.478 e. The Balaban J connectivity index is 2.13. The van der Waals surface area contributed by atoms with Gasteiger partial charge in [0, 0.05) is 23.3 Å². The fourth-order valence-corrected chi connectivity index (χ4v) is 2.71. The molecule has 0 saturated heterocycles. The molecule has 0 amide bonds. The summed E-state index contributed by atoms with van der Waals surface area (Å²) in [7, 11) is 0. The second-order valence-electron chi connectivity index (χ2n) is 5.73. The van der Waals surface area contributed by atoms with Gasteiger partial charge in [-0.05, 0) is 41.8 Å². The first-order valence-corrected chi connectivity index (χ1v) is 7.32. The zero-order valence-corrected chi connectivity index (χ0v) is 12.7. The molecule has 0 aliphatic carbocycles. The lowest BCUT2D eigenvalue weighted by Crippen LogP contribution is -2.00. The van der Waals surface area contributed by atoms with E-state index in [1.54, 1.807) is 18.3 Å². The number of hydrogen-bond donors (Lipinski definition) is 1. The van der Waals surface area contributed by atoms with E-state index in [0.29, 0.717) is 18.0 Å². The smallest absolute Gasteiger partial charge is 0.335 e. The van der Waals surface area contributed by atoms with Gasteiger partial charge < -0.3 is 9.67 Å². The summed E-state index contributed by atoms with van der Waals surface area (Å²) in [4.78, 5) is 15.6. The number of aromatic carboxylic acids is 1. The Hall–Kier alpha value is -2.62. The van der Waals surface area contributed by atoms with Gasteiger partial charge in [-0.1, -0.05) is 19.9 Å². The molecule has 0 saturated carbocycles. The summed E-state index contributed by atoms with van der Waals surface area (Å²) in [6, 6.07) is 11.2. The number of aromatic nitrogens is 2. The van der Waals surface area contributed by atoms with Crippen molar-refractivity contribution in [3.05, 3.63) is 65.6 Å². The average molecular weight is 294 g/mol. The van der Waals surface area contributed by atoms with Gasteiger partial charge in [0.25, 0.3) is 0 Å². The highest BCUT2D eigenvalue weighted by Crippen LogP contribution is 2.29. The highest BCUT2D eigenvalue weighted by molar-refractivity contribution is 5.95. The number of carboxylic acid groups (broad SMARTS) is 1. The second kappa shape index (κ2) is 5.64. The van der Waals surface area contributed by atoms with Crippen molar-refractivity contribution < 1.29 is 9.90 Å². The van der Waals surface area contributed by atoms with Gasteiger partial charge in [-0.25, -0.2) is 4.79 Å². The first-order chi connectivity index (χ1) is 10.6. The van der Waals surface area contributed by atoms with Crippen LogP contribution in [0.1, 0.15) is 41.4 Å². The zero-order chi connectivity index (χ0) is 15.7. The quantitative estimate of drug-likeness (QED) is 0.793. The molecule has 1 aromatic carbocycles. The van der Waals surface area contributed by atoms with E-state index < -0.39 is 5.97 Å². The van der Waals surface area contributed by atoms with E-state index in [1.807, 2.05) is 24.3 Å². The third-order valence-electron chi connectivity index (χ3n) is 3.84. The van der Waals surface area contributed by atoms with Gasteiger partial charge in [0.2, 0.25) is 0 Å². The molecule has 0 radical (unpaired) electrons. The van der Waals surface area contributed by atoms with E-state index in [1.165, 1.54) is 0 Å². The number of pyridine rings is 1. The van der Waals surface area contributed by atoms with Crippen LogP contribution >= 0.6 is 0 Å². The zero-order valence-electron chi connectivity index (χ0n) is 12.7. The maximum atomic E-state index is 11.2. The summed E-state index contributed by atoms with van der Waals surface area (Å²) in [5, 5.41) is 10.2. The molecule has 22 heavy (non-hydrogen) atoms. The summed E-state index contributed by atoms with van der Waals surface area (Å²) in [6.45, 7) is 4.91. The second-order valence-corrected chi connectivity index (χ2v) is 5.73. The molecule has 0 atom stereocenters. The summed E-state index contributed by atoms with van der Waals surface area (Å²) < 4.78 is 2.14. The van der Waals surface area contributed by atoms with Crippen molar-refractivity contribution in [2.75, 3.05) is 0 Å². The Morgan fingerprint density at radius 2 is 2.09 bits per heavy atom. The fourth-order valence-electron chi connectivity index (χ4n) is 2.71. The highest BCUT2D eigenvalue weighted by atomic mass is 16.4. The van der Waals surface area contributed by atoms with Crippen molar-refractivity contribution in [1.29, 1.82) is 0 Å². The lowest BCUT2D eigenvalue weighted by atomic mass is 10.0. The van der Waals surface area contributed by atoms with Gasteiger partial charge in [0.15, 0.2) is 0 Å². The van der Waals surface area contributed by atoms with E-state index in [2.05, 4.69) is 29.6 Å². The maximum absolute atomic E-state index is 11.2. The van der Waals surface area contributed by atoms with Crippen molar-refractivity contribution in [3.63, 3.8) is 0 Å². The number of hydrogen-bond acceptors (Lipinski definition) is 2. The minimum Gasteiger partial charge on any atom is -0.478 e. The molecule has 3 rings (SSSR count). The van der Waals surface area contributed by atoms with Crippen molar-refractivity contribution in [2.45, 2.75) is 26.3 Å². The van der Waals surface area contributed by atoms with Crippen molar-refractivity contribution in [2.24, 2.45) is 0 Å². The van der Waals surface area contributed by atoms with Gasteiger partial charge in [0.05, 0.1) is 17.8 Å². The molecule has 4 heteroatoms.